The van der Waals surface area contributed by atoms with E-state index in [1.165, 1.54) is 0 Å². The highest BCUT2D eigenvalue weighted by atomic mass is 127. The number of rotatable bonds is 8. The highest BCUT2D eigenvalue weighted by Crippen LogP contribution is 2.13. The van der Waals surface area contributed by atoms with E-state index in [9.17, 15) is 4.79 Å². The van der Waals surface area contributed by atoms with Crippen LogP contribution in [0.15, 0.2) is 29.3 Å². The molecule has 2 rings (SSSR count). The summed E-state index contributed by atoms with van der Waals surface area (Å²) in [5.74, 6) is 0.971. The summed E-state index contributed by atoms with van der Waals surface area (Å²) in [7, 11) is 3.42. The Morgan fingerprint density at radius 2 is 1.89 bits per heavy atom. The molecule has 1 amide bonds. The first-order valence-corrected chi connectivity index (χ1v) is 9.56. The molecule has 0 radical (unpaired) electrons. The topological polar surface area (TPSA) is 66.4 Å². The Hall–Kier alpha value is -1.10. The molecule has 1 fully saturated rings. The molecule has 0 atom stereocenters. The fraction of sp³-hybridized carbons (Fsp3) is 0.579. The van der Waals surface area contributed by atoms with Gasteiger partial charge in [0.2, 0.25) is 5.91 Å². The number of amides is 1. The van der Waals surface area contributed by atoms with E-state index in [1.807, 2.05) is 29.2 Å². The number of nitrogens with one attached hydrogen (secondary N) is 1. The molecule has 7 nitrogen and oxygen atoms in total. The third kappa shape index (κ3) is 8.50. The lowest BCUT2D eigenvalue weighted by Gasteiger charge is -2.36. The molecule has 1 aromatic rings. The Balaban J connectivity index is 0.00000392. The minimum absolute atomic E-state index is 0. The Kier molecular flexibility index (Phi) is 12.4. The predicted octanol–water partition coefficient (Wildman–Crippen LogP) is 1.88. The molecule has 1 aromatic carbocycles. The largest absolute Gasteiger partial charge is 0.382 e. The maximum absolute atomic E-state index is 12.5. The summed E-state index contributed by atoms with van der Waals surface area (Å²) in [5.41, 5.74) is 0.945. The van der Waals surface area contributed by atoms with Gasteiger partial charge >= 0.3 is 0 Å². The van der Waals surface area contributed by atoms with Crippen molar-refractivity contribution in [2.45, 2.75) is 6.42 Å². The van der Waals surface area contributed by atoms with Gasteiger partial charge in [-0.15, -0.1) is 24.0 Å². The van der Waals surface area contributed by atoms with Gasteiger partial charge in [-0.2, -0.15) is 0 Å². The van der Waals surface area contributed by atoms with Gasteiger partial charge in [0.05, 0.1) is 26.2 Å². The van der Waals surface area contributed by atoms with Crippen molar-refractivity contribution < 1.29 is 14.3 Å². The quantitative estimate of drug-likeness (QED) is 0.244. The summed E-state index contributed by atoms with van der Waals surface area (Å²) >= 11 is 5.99. The highest BCUT2D eigenvalue weighted by Gasteiger charge is 2.23. The van der Waals surface area contributed by atoms with Crippen LogP contribution in [0.1, 0.15) is 5.56 Å². The molecule has 158 valence electrons. The molecular weight excluding hydrogens is 495 g/mol. The lowest BCUT2D eigenvalue weighted by Crippen LogP contribution is -2.54. The Morgan fingerprint density at radius 1 is 1.18 bits per heavy atom. The van der Waals surface area contributed by atoms with E-state index in [0.29, 0.717) is 50.9 Å². The molecule has 1 saturated heterocycles. The maximum Gasteiger partial charge on any atom is 0.227 e. The number of nitrogens with zero attached hydrogens (tertiary/aromatic N) is 3. The first-order valence-electron chi connectivity index (χ1n) is 9.18. The third-order valence-corrected chi connectivity index (χ3v) is 4.58. The van der Waals surface area contributed by atoms with E-state index in [2.05, 4.69) is 15.2 Å². The van der Waals surface area contributed by atoms with Crippen LogP contribution in [0, 0.1) is 0 Å². The lowest BCUT2D eigenvalue weighted by molar-refractivity contribution is -0.131. The first kappa shape index (κ1) is 24.9. The summed E-state index contributed by atoms with van der Waals surface area (Å²) < 4.78 is 10.4. The number of ether oxygens (including phenoxy) is 2. The molecule has 9 heteroatoms. The molecule has 0 aromatic heterocycles. The number of hydrogen-bond acceptors (Lipinski definition) is 4. The van der Waals surface area contributed by atoms with Crippen LogP contribution in [0.4, 0.5) is 0 Å². The number of methoxy groups -OCH3 is 1. The van der Waals surface area contributed by atoms with E-state index in [0.717, 1.165) is 24.6 Å². The summed E-state index contributed by atoms with van der Waals surface area (Å²) in [6.07, 6.45) is 0.381. The number of carbonyl (C=O) groups is 1. The fourth-order valence-corrected chi connectivity index (χ4v) is 3.13. The summed E-state index contributed by atoms with van der Waals surface area (Å²) in [5, 5.41) is 3.96. The second-order valence-electron chi connectivity index (χ2n) is 6.25. The fourth-order valence-electron chi connectivity index (χ4n) is 2.91. The standard InChI is InChI=1S/C19H29ClN4O3.HI/c1-21-19(22-6-11-27-13-12-26-2)24-9-7-23(8-10-24)18(25)15-16-4-3-5-17(20)14-16;/h3-5,14H,6-13,15H2,1-2H3,(H,21,22);1H. The second-order valence-corrected chi connectivity index (χ2v) is 6.69. The number of guanidine groups is 1. The van der Waals surface area contributed by atoms with Gasteiger partial charge in [-0.05, 0) is 17.7 Å². The maximum atomic E-state index is 12.5. The van der Waals surface area contributed by atoms with Gasteiger partial charge in [0.15, 0.2) is 5.96 Å². The van der Waals surface area contributed by atoms with Crippen LogP contribution in [-0.4, -0.2) is 88.4 Å². The van der Waals surface area contributed by atoms with Gasteiger partial charge in [0, 0.05) is 51.9 Å². The van der Waals surface area contributed by atoms with Crippen molar-refractivity contribution in [3.05, 3.63) is 34.9 Å². The molecule has 1 N–H and O–H groups in total. The van der Waals surface area contributed by atoms with Crippen molar-refractivity contribution >= 4 is 47.4 Å². The third-order valence-electron chi connectivity index (χ3n) is 4.35. The molecule has 1 heterocycles. The first-order chi connectivity index (χ1) is 13.1. The van der Waals surface area contributed by atoms with E-state index >= 15 is 0 Å². The van der Waals surface area contributed by atoms with Crippen LogP contribution in [0.25, 0.3) is 0 Å². The van der Waals surface area contributed by atoms with Crippen molar-refractivity contribution in [1.29, 1.82) is 0 Å². The monoisotopic (exact) mass is 524 g/mol. The van der Waals surface area contributed by atoms with Gasteiger partial charge in [0.25, 0.3) is 0 Å². The highest BCUT2D eigenvalue weighted by molar-refractivity contribution is 14.0. The number of hydrogen-bond donors (Lipinski definition) is 1. The summed E-state index contributed by atoms with van der Waals surface area (Å²) in [4.78, 5) is 20.9. The molecule has 0 spiro atoms. The van der Waals surface area contributed by atoms with Crippen LogP contribution in [0.3, 0.4) is 0 Å². The van der Waals surface area contributed by atoms with Crippen molar-refractivity contribution in [3.63, 3.8) is 0 Å². The number of aliphatic imine (C=N–C) groups is 1. The van der Waals surface area contributed by atoms with Crippen molar-refractivity contribution in [3.8, 4) is 0 Å². The average Bonchev–Trinajstić information content (AvgIpc) is 2.68. The van der Waals surface area contributed by atoms with E-state index < -0.39 is 0 Å². The van der Waals surface area contributed by atoms with Crippen molar-refractivity contribution in [1.82, 2.24) is 15.1 Å². The molecule has 0 unspecified atom stereocenters. The van der Waals surface area contributed by atoms with Gasteiger partial charge in [-0.25, -0.2) is 0 Å². The van der Waals surface area contributed by atoms with Crippen LogP contribution >= 0.6 is 35.6 Å². The van der Waals surface area contributed by atoms with E-state index in [-0.39, 0.29) is 29.9 Å². The van der Waals surface area contributed by atoms with Crippen LogP contribution in [-0.2, 0) is 20.7 Å². The Morgan fingerprint density at radius 3 is 2.54 bits per heavy atom. The van der Waals surface area contributed by atoms with Crippen LogP contribution in [0.2, 0.25) is 5.02 Å². The van der Waals surface area contributed by atoms with Crippen molar-refractivity contribution in [2.75, 3.05) is 66.7 Å². The Labute approximate surface area is 189 Å². The minimum atomic E-state index is 0. The summed E-state index contributed by atoms with van der Waals surface area (Å²) in [6, 6.07) is 7.46. The molecule has 28 heavy (non-hydrogen) atoms. The van der Waals surface area contributed by atoms with E-state index in [1.54, 1.807) is 14.2 Å². The van der Waals surface area contributed by atoms with Crippen LogP contribution < -0.4 is 5.32 Å². The molecular formula is C19H30ClIN4O3. The van der Waals surface area contributed by atoms with Gasteiger partial charge in [-0.1, -0.05) is 23.7 Å². The number of piperazine rings is 1. The molecule has 0 saturated carbocycles. The van der Waals surface area contributed by atoms with Gasteiger partial charge in [-0.3, -0.25) is 9.79 Å². The molecule has 0 aliphatic carbocycles. The predicted molar refractivity (Wildman–Crippen MR) is 123 cm³/mol. The zero-order valence-electron chi connectivity index (χ0n) is 16.5. The Bertz CT molecular complexity index is 625. The number of halogens is 2. The van der Waals surface area contributed by atoms with Crippen LogP contribution in [0.5, 0.6) is 0 Å². The van der Waals surface area contributed by atoms with E-state index in [4.69, 9.17) is 21.1 Å². The normalized spacial score (nSPS) is 14.6. The number of benzene rings is 1. The second kappa shape index (κ2) is 14.0. The van der Waals surface area contributed by atoms with Crippen molar-refractivity contribution in [2.24, 2.45) is 4.99 Å². The average molecular weight is 525 g/mol. The SMILES string of the molecule is CN=C(NCCOCCOC)N1CCN(C(=O)Cc2cccc(Cl)c2)CC1.I. The zero-order chi connectivity index (χ0) is 19.5. The lowest BCUT2D eigenvalue weighted by atomic mass is 10.1. The summed E-state index contributed by atoms with van der Waals surface area (Å²) in [6.45, 7) is 5.35. The smallest absolute Gasteiger partial charge is 0.227 e. The van der Waals surface area contributed by atoms with Gasteiger partial charge < -0.3 is 24.6 Å². The zero-order valence-corrected chi connectivity index (χ0v) is 19.6. The molecule has 1 aliphatic heterocycles. The van der Waals surface area contributed by atoms with Gasteiger partial charge in [0.1, 0.15) is 0 Å². The minimum Gasteiger partial charge on any atom is -0.382 e. The molecule has 1 aliphatic rings. The molecule has 0 bridgehead atoms. The number of carbonyl (C=O) groups excluding carboxylic acids is 1.